The number of nitrogens with one attached hydrogen (secondary N) is 1. The number of pyridine rings is 1. The summed E-state index contributed by atoms with van der Waals surface area (Å²) in [6, 6.07) is 1.35. The topological polar surface area (TPSA) is 127 Å². The molecule has 2 aromatic rings. The first-order valence-electron chi connectivity index (χ1n) is 5.58. The van der Waals surface area contributed by atoms with Crippen LogP contribution in [0.25, 0.3) is 0 Å². The SMILES string of the molecule is Cc1nc(CCNc2nccc(C(=O)O)c2N)no1. The largest absolute Gasteiger partial charge is 0.478 e. The molecule has 0 fully saturated rings. The number of carbonyl (C=O) groups is 1. The van der Waals surface area contributed by atoms with Crippen molar-refractivity contribution in [1.29, 1.82) is 0 Å². The molecule has 8 heteroatoms. The fourth-order valence-corrected chi connectivity index (χ4v) is 1.54. The van der Waals surface area contributed by atoms with Crippen LogP contribution >= 0.6 is 0 Å². The first-order chi connectivity index (χ1) is 9.08. The molecular formula is C11H13N5O3. The Bertz CT molecular complexity index is 596. The number of nitrogen functional groups attached to an aromatic ring is 1. The van der Waals surface area contributed by atoms with Crippen LogP contribution in [0.15, 0.2) is 16.8 Å². The van der Waals surface area contributed by atoms with Crippen molar-refractivity contribution in [3.8, 4) is 0 Å². The van der Waals surface area contributed by atoms with E-state index < -0.39 is 5.97 Å². The van der Waals surface area contributed by atoms with Gasteiger partial charge in [0.25, 0.3) is 0 Å². The molecule has 2 rings (SSSR count). The van der Waals surface area contributed by atoms with Crippen molar-refractivity contribution in [3.05, 3.63) is 29.5 Å². The van der Waals surface area contributed by atoms with Gasteiger partial charge in [0.1, 0.15) is 5.82 Å². The molecule has 2 heterocycles. The summed E-state index contributed by atoms with van der Waals surface area (Å²) >= 11 is 0. The average Bonchev–Trinajstić information content (AvgIpc) is 2.77. The molecule has 4 N–H and O–H groups in total. The number of carboxylic acid groups (broad SMARTS) is 1. The van der Waals surface area contributed by atoms with Crippen LogP contribution in [0.1, 0.15) is 22.1 Å². The van der Waals surface area contributed by atoms with E-state index in [0.29, 0.717) is 30.5 Å². The zero-order valence-corrected chi connectivity index (χ0v) is 10.3. The van der Waals surface area contributed by atoms with Gasteiger partial charge in [0, 0.05) is 26.1 Å². The number of nitrogens with zero attached hydrogens (tertiary/aromatic N) is 3. The van der Waals surface area contributed by atoms with Gasteiger partial charge >= 0.3 is 5.97 Å². The number of aromatic carboxylic acids is 1. The third-order valence-corrected chi connectivity index (χ3v) is 2.43. The molecule has 0 spiro atoms. The van der Waals surface area contributed by atoms with E-state index >= 15 is 0 Å². The molecule has 0 aromatic carbocycles. The number of anilines is 2. The Labute approximate surface area is 108 Å². The standard InChI is InChI=1S/C11H13N5O3/c1-6-15-8(16-19-6)3-5-14-10-9(12)7(11(17)18)2-4-13-10/h2,4H,3,5,12H2,1H3,(H,13,14)(H,17,18). The summed E-state index contributed by atoms with van der Waals surface area (Å²) in [4.78, 5) is 18.9. The Balaban J connectivity index is 2.00. The molecule has 100 valence electrons. The minimum atomic E-state index is -1.09. The van der Waals surface area contributed by atoms with Gasteiger partial charge in [-0.25, -0.2) is 9.78 Å². The van der Waals surface area contributed by atoms with Crippen LogP contribution in [-0.4, -0.2) is 32.7 Å². The second-order valence-corrected chi connectivity index (χ2v) is 3.83. The Hall–Kier alpha value is -2.64. The first-order valence-corrected chi connectivity index (χ1v) is 5.58. The van der Waals surface area contributed by atoms with Crippen LogP contribution in [-0.2, 0) is 6.42 Å². The molecule has 0 atom stereocenters. The van der Waals surface area contributed by atoms with Crippen molar-refractivity contribution in [3.63, 3.8) is 0 Å². The highest BCUT2D eigenvalue weighted by Gasteiger charge is 2.12. The molecule has 0 amide bonds. The third kappa shape index (κ3) is 2.97. The number of carboxylic acids is 1. The molecule has 0 radical (unpaired) electrons. The highest BCUT2D eigenvalue weighted by molar-refractivity contribution is 5.96. The van der Waals surface area contributed by atoms with Crippen LogP contribution in [0.5, 0.6) is 0 Å². The Morgan fingerprint density at radius 1 is 1.58 bits per heavy atom. The van der Waals surface area contributed by atoms with Crippen LogP contribution in [0, 0.1) is 6.92 Å². The van der Waals surface area contributed by atoms with Gasteiger partial charge in [-0.2, -0.15) is 4.98 Å². The van der Waals surface area contributed by atoms with Crippen LogP contribution in [0.4, 0.5) is 11.5 Å². The summed E-state index contributed by atoms with van der Waals surface area (Å²) < 4.78 is 4.83. The summed E-state index contributed by atoms with van der Waals surface area (Å²) in [5, 5.41) is 15.6. The van der Waals surface area contributed by atoms with Crippen LogP contribution in [0.2, 0.25) is 0 Å². The van der Waals surface area contributed by atoms with Gasteiger partial charge in [-0.05, 0) is 6.07 Å². The second-order valence-electron chi connectivity index (χ2n) is 3.83. The molecule has 0 unspecified atom stereocenters. The maximum absolute atomic E-state index is 10.9. The fourth-order valence-electron chi connectivity index (χ4n) is 1.54. The summed E-state index contributed by atoms with van der Waals surface area (Å²) in [7, 11) is 0. The zero-order chi connectivity index (χ0) is 13.8. The smallest absolute Gasteiger partial charge is 0.337 e. The van der Waals surface area contributed by atoms with Gasteiger partial charge in [0.15, 0.2) is 5.82 Å². The number of hydrogen-bond donors (Lipinski definition) is 3. The van der Waals surface area contributed by atoms with E-state index in [1.165, 1.54) is 12.3 Å². The van der Waals surface area contributed by atoms with Crippen LogP contribution in [0.3, 0.4) is 0 Å². The second kappa shape index (κ2) is 5.34. The first kappa shape index (κ1) is 12.8. The Morgan fingerprint density at radius 2 is 2.37 bits per heavy atom. The summed E-state index contributed by atoms with van der Waals surface area (Å²) in [6.45, 7) is 2.18. The van der Waals surface area contributed by atoms with Crippen LogP contribution < -0.4 is 11.1 Å². The van der Waals surface area contributed by atoms with Crippen molar-refractivity contribution in [2.24, 2.45) is 0 Å². The van der Waals surface area contributed by atoms with Gasteiger partial charge in [-0.1, -0.05) is 5.16 Å². The quantitative estimate of drug-likeness (QED) is 0.719. The maximum atomic E-state index is 10.9. The average molecular weight is 263 g/mol. The van der Waals surface area contributed by atoms with Gasteiger partial charge in [-0.15, -0.1) is 0 Å². The Morgan fingerprint density at radius 3 is 3.00 bits per heavy atom. The molecule has 0 saturated heterocycles. The third-order valence-electron chi connectivity index (χ3n) is 2.43. The number of rotatable bonds is 5. The van der Waals surface area contributed by atoms with E-state index in [2.05, 4.69) is 20.4 Å². The van der Waals surface area contributed by atoms with E-state index in [4.69, 9.17) is 15.4 Å². The monoisotopic (exact) mass is 263 g/mol. The number of hydrogen-bond acceptors (Lipinski definition) is 7. The number of aromatic nitrogens is 3. The minimum absolute atomic E-state index is 0.0212. The zero-order valence-electron chi connectivity index (χ0n) is 10.3. The normalized spacial score (nSPS) is 10.4. The molecule has 8 nitrogen and oxygen atoms in total. The lowest BCUT2D eigenvalue weighted by Crippen LogP contribution is -2.12. The predicted molar refractivity (Wildman–Crippen MR) is 66.8 cm³/mol. The van der Waals surface area contributed by atoms with E-state index in [9.17, 15) is 4.79 Å². The lowest BCUT2D eigenvalue weighted by Gasteiger charge is -2.08. The fraction of sp³-hybridized carbons (Fsp3) is 0.273. The minimum Gasteiger partial charge on any atom is -0.478 e. The molecule has 19 heavy (non-hydrogen) atoms. The molecule has 0 aliphatic heterocycles. The van der Waals surface area contributed by atoms with Gasteiger partial charge in [0.05, 0.1) is 11.3 Å². The Kier molecular flexibility index (Phi) is 3.60. The van der Waals surface area contributed by atoms with E-state index in [1.807, 2.05) is 0 Å². The lowest BCUT2D eigenvalue weighted by molar-refractivity contribution is 0.0698. The lowest BCUT2D eigenvalue weighted by atomic mass is 10.2. The van der Waals surface area contributed by atoms with Crippen molar-refractivity contribution in [2.45, 2.75) is 13.3 Å². The number of aryl methyl sites for hydroxylation is 1. The van der Waals surface area contributed by atoms with Gasteiger partial charge < -0.3 is 20.7 Å². The molecule has 0 saturated carbocycles. The van der Waals surface area contributed by atoms with Crippen molar-refractivity contribution >= 4 is 17.5 Å². The summed E-state index contributed by atoms with van der Waals surface area (Å²) in [5.41, 5.74) is 5.84. The molecule has 0 aliphatic rings. The maximum Gasteiger partial charge on any atom is 0.337 e. The van der Waals surface area contributed by atoms with E-state index in [0.717, 1.165) is 0 Å². The van der Waals surface area contributed by atoms with Crippen molar-refractivity contribution in [2.75, 3.05) is 17.6 Å². The van der Waals surface area contributed by atoms with Crippen molar-refractivity contribution in [1.82, 2.24) is 15.1 Å². The van der Waals surface area contributed by atoms with Crippen molar-refractivity contribution < 1.29 is 14.4 Å². The van der Waals surface area contributed by atoms with E-state index in [-0.39, 0.29) is 11.3 Å². The molecule has 0 aliphatic carbocycles. The van der Waals surface area contributed by atoms with Gasteiger partial charge in [-0.3, -0.25) is 0 Å². The van der Waals surface area contributed by atoms with Gasteiger partial charge in [0.2, 0.25) is 5.89 Å². The van der Waals surface area contributed by atoms with E-state index in [1.54, 1.807) is 6.92 Å². The molecular weight excluding hydrogens is 250 g/mol. The molecule has 2 aromatic heterocycles. The number of nitrogens with two attached hydrogens (primary N) is 1. The highest BCUT2D eigenvalue weighted by Crippen LogP contribution is 2.19. The molecule has 0 bridgehead atoms. The highest BCUT2D eigenvalue weighted by atomic mass is 16.5. The predicted octanol–water partition coefficient (Wildman–Crippen LogP) is 0.708. The summed E-state index contributed by atoms with van der Waals surface area (Å²) in [5.74, 6) is 0.315. The summed E-state index contributed by atoms with van der Waals surface area (Å²) in [6.07, 6.45) is 1.91.